The average molecular weight is 313 g/mol. The van der Waals surface area contributed by atoms with E-state index in [1.807, 2.05) is 0 Å². The SMILES string of the molecule is O=C(/C=C/c1cccc([N+](=O)[O-])c1)NCCNc1cnccn1. The van der Waals surface area contributed by atoms with Crippen molar-refractivity contribution in [3.8, 4) is 0 Å². The highest BCUT2D eigenvalue weighted by Gasteiger charge is 2.04. The topological polar surface area (TPSA) is 110 Å². The molecule has 8 nitrogen and oxygen atoms in total. The summed E-state index contributed by atoms with van der Waals surface area (Å²) in [5.74, 6) is 0.353. The molecule has 2 aromatic rings. The van der Waals surface area contributed by atoms with Gasteiger partial charge in [0.15, 0.2) is 0 Å². The van der Waals surface area contributed by atoms with Gasteiger partial charge in [-0.15, -0.1) is 0 Å². The maximum Gasteiger partial charge on any atom is 0.270 e. The van der Waals surface area contributed by atoms with Crippen molar-refractivity contribution in [3.05, 3.63) is 64.6 Å². The summed E-state index contributed by atoms with van der Waals surface area (Å²) in [5, 5.41) is 16.4. The Morgan fingerprint density at radius 3 is 2.91 bits per heavy atom. The standard InChI is InChI=1S/C15H15N5O3/c21-15(19-9-8-18-14-11-16-6-7-17-14)5-4-12-2-1-3-13(10-12)20(22)23/h1-7,10-11H,8-9H2,(H,17,18)(H,19,21)/b5-4+. The molecule has 2 N–H and O–H groups in total. The van der Waals surface area contributed by atoms with Crippen LogP contribution in [0.3, 0.4) is 0 Å². The number of nitro benzene ring substituents is 1. The normalized spacial score (nSPS) is 10.4. The van der Waals surface area contributed by atoms with Crippen LogP contribution in [-0.2, 0) is 4.79 Å². The Balaban J connectivity index is 1.76. The lowest BCUT2D eigenvalue weighted by Gasteiger charge is -2.05. The summed E-state index contributed by atoms with van der Waals surface area (Å²) in [5.41, 5.74) is 0.577. The van der Waals surface area contributed by atoms with Crippen molar-refractivity contribution < 1.29 is 9.72 Å². The largest absolute Gasteiger partial charge is 0.367 e. The predicted molar refractivity (Wildman–Crippen MR) is 85.7 cm³/mol. The fourth-order valence-electron chi connectivity index (χ4n) is 1.74. The van der Waals surface area contributed by atoms with E-state index in [1.165, 1.54) is 24.3 Å². The van der Waals surface area contributed by atoms with Crippen molar-refractivity contribution in [1.82, 2.24) is 15.3 Å². The van der Waals surface area contributed by atoms with E-state index in [4.69, 9.17) is 0 Å². The monoisotopic (exact) mass is 313 g/mol. The van der Waals surface area contributed by atoms with Gasteiger partial charge < -0.3 is 10.6 Å². The molecule has 8 heteroatoms. The zero-order valence-electron chi connectivity index (χ0n) is 12.2. The molecule has 0 saturated heterocycles. The van der Waals surface area contributed by atoms with Gasteiger partial charge in [0.1, 0.15) is 5.82 Å². The first-order chi connectivity index (χ1) is 11.1. The number of rotatable bonds is 7. The molecule has 0 radical (unpaired) electrons. The minimum absolute atomic E-state index is 0.0132. The number of nitrogens with one attached hydrogen (secondary N) is 2. The molecule has 0 aliphatic carbocycles. The number of carbonyl (C=O) groups excluding carboxylic acids is 1. The molecule has 0 aliphatic heterocycles. The molecule has 1 heterocycles. The van der Waals surface area contributed by atoms with Crippen molar-refractivity contribution in [3.63, 3.8) is 0 Å². The molecule has 118 valence electrons. The summed E-state index contributed by atoms with van der Waals surface area (Å²) in [6.07, 6.45) is 7.60. The minimum Gasteiger partial charge on any atom is -0.367 e. The highest BCUT2D eigenvalue weighted by atomic mass is 16.6. The summed E-state index contributed by atoms with van der Waals surface area (Å²) in [6, 6.07) is 6.06. The van der Waals surface area contributed by atoms with E-state index in [9.17, 15) is 14.9 Å². The van der Waals surface area contributed by atoms with Crippen molar-refractivity contribution in [2.45, 2.75) is 0 Å². The van der Waals surface area contributed by atoms with Gasteiger partial charge in [0.2, 0.25) is 5.91 Å². The Hall–Kier alpha value is -3.29. The second-order valence-corrected chi connectivity index (χ2v) is 4.49. The fourth-order valence-corrected chi connectivity index (χ4v) is 1.74. The third kappa shape index (κ3) is 5.54. The van der Waals surface area contributed by atoms with Crippen LogP contribution in [0.25, 0.3) is 6.08 Å². The van der Waals surface area contributed by atoms with Crippen molar-refractivity contribution in [2.24, 2.45) is 0 Å². The van der Waals surface area contributed by atoms with E-state index in [-0.39, 0.29) is 11.6 Å². The predicted octanol–water partition coefficient (Wildman–Crippen LogP) is 1.63. The highest BCUT2D eigenvalue weighted by Crippen LogP contribution is 2.13. The van der Waals surface area contributed by atoms with Crippen LogP contribution in [0.15, 0.2) is 48.9 Å². The summed E-state index contributed by atoms with van der Waals surface area (Å²) in [7, 11) is 0. The molecule has 0 saturated carbocycles. The molecule has 1 amide bonds. The molecular formula is C15H15N5O3. The van der Waals surface area contributed by atoms with Gasteiger partial charge in [-0.25, -0.2) is 4.98 Å². The Labute approximate surface area is 132 Å². The number of non-ortho nitro benzene ring substituents is 1. The van der Waals surface area contributed by atoms with E-state index in [0.29, 0.717) is 24.5 Å². The number of aromatic nitrogens is 2. The van der Waals surface area contributed by atoms with Gasteiger partial charge in [0, 0.05) is 43.7 Å². The number of amides is 1. The zero-order chi connectivity index (χ0) is 16.5. The van der Waals surface area contributed by atoms with E-state index in [1.54, 1.807) is 30.7 Å². The van der Waals surface area contributed by atoms with Crippen LogP contribution < -0.4 is 10.6 Å². The Morgan fingerprint density at radius 2 is 2.17 bits per heavy atom. The van der Waals surface area contributed by atoms with Gasteiger partial charge in [0.25, 0.3) is 5.69 Å². The highest BCUT2D eigenvalue weighted by molar-refractivity contribution is 5.91. The quantitative estimate of drug-likeness (QED) is 0.348. The number of nitro groups is 1. The smallest absolute Gasteiger partial charge is 0.270 e. The maximum atomic E-state index is 11.7. The van der Waals surface area contributed by atoms with Crippen LogP contribution in [-0.4, -0.2) is 33.9 Å². The van der Waals surface area contributed by atoms with Gasteiger partial charge in [-0.2, -0.15) is 0 Å². The lowest BCUT2D eigenvalue weighted by molar-refractivity contribution is -0.384. The molecule has 1 aromatic carbocycles. The number of hydrogen-bond donors (Lipinski definition) is 2. The van der Waals surface area contributed by atoms with Crippen molar-refractivity contribution >= 4 is 23.5 Å². The van der Waals surface area contributed by atoms with E-state index in [2.05, 4.69) is 20.6 Å². The molecule has 23 heavy (non-hydrogen) atoms. The van der Waals surface area contributed by atoms with Crippen LogP contribution in [0.4, 0.5) is 11.5 Å². The van der Waals surface area contributed by atoms with Crippen molar-refractivity contribution in [2.75, 3.05) is 18.4 Å². The summed E-state index contributed by atoms with van der Waals surface area (Å²) in [6.45, 7) is 0.920. The van der Waals surface area contributed by atoms with Crippen molar-refractivity contribution in [1.29, 1.82) is 0 Å². The lowest BCUT2D eigenvalue weighted by atomic mass is 10.2. The van der Waals surface area contributed by atoms with Gasteiger partial charge in [0.05, 0.1) is 11.1 Å². The van der Waals surface area contributed by atoms with Crippen LogP contribution >= 0.6 is 0 Å². The number of anilines is 1. The zero-order valence-corrected chi connectivity index (χ0v) is 12.2. The number of nitrogens with zero attached hydrogens (tertiary/aromatic N) is 3. The maximum absolute atomic E-state index is 11.7. The van der Waals surface area contributed by atoms with Crippen LogP contribution in [0.5, 0.6) is 0 Å². The van der Waals surface area contributed by atoms with Gasteiger partial charge >= 0.3 is 0 Å². The van der Waals surface area contributed by atoms with Crippen LogP contribution in [0, 0.1) is 10.1 Å². The second-order valence-electron chi connectivity index (χ2n) is 4.49. The number of carbonyl (C=O) groups is 1. The first-order valence-corrected chi connectivity index (χ1v) is 6.85. The molecular weight excluding hydrogens is 298 g/mol. The average Bonchev–Trinajstić information content (AvgIpc) is 2.58. The van der Waals surface area contributed by atoms with Gasteiger partial charge in [-0.05, 0) is 11.6 Å². The summed E-state index contributed by atoms with van der Waals surface area (Å²) >= 11 is 0. The third-order valence-corrected chi connectivity index (χ3v) is 2.80. The number of benzene rings is 1. The lowest BCUT2D eigenvalue weighted by Crippen LogP contribution is -2.27. The number of hydrogen-bond acceptors (Lipinski definition) is 6. The second kappa shape index (κ2) is 8.23. The fraction of sp³-hybridized carbons (Fsp3) is 0.133. The molecule has 0 aliphatic rings. The first kappa shape index (κ1) is 16.1. The van der Waals surface area contributed by atoms with Crippen LogP contribution in [0.2, 0.25) is 0 Å². The molecule has 1 aromatic heterocycles. The van der Waals surface area contributed by atoms with E-state index < -0.39 is 4.92 Å². The Morgan fingerprint density at radius 1 is 1.30 bits per heavy atom. The Kier molecular flexibility index (Phi) is 5.75. The molecule has 0 spiro atoms. The molecule has 0 atom stereocenters. The van der Waals surface area contributed by atoms with E-state index in [0.717, 1.165) is 0 Å². The van der Waals surface area contributed by atoms with Crippen LogP contribution in [0.1, 0.15) is 5.56 Å². The van der Waals surface area contributed by atoms with E-state index >= 15 is 0 Å². The minimum atomic E-state index is -0.477. The molecule has 2 rings (SSSR count). The first-order valence-electron chi connectivity index (χ1n) is 6.85. The van der Waals surface area contributed by atoms with Gasteiger partial charge in [-0.1, -0.05) is 12.1 Å². The van der Waals surface area contributed by atoms with Gasteiger partial charge in [-0.3, -0.25) is 19.9 Å². The Bertz CT molecular complexity index is 703. The third-order valence-electron chi connectivity index (χ3n) is 2.80. The molecule has 0 fully saturated rings. The molecule has 0 bridgehead atoms. The molecule has 0 unspecified atom stereocenters. The summed E-state index contributed by atoms with van der Waals surface area (Å²) in [4.78, 5) is 29.8. The summed E-state index contributed by atoms with van der Waals surface area (Å²) < 4.78 is 0.